The van der Waals surface area contributed by atoms with Gasteiger partial charge in [-0.05, 0) is 46.1 Å². The van der Waals surface area contributed by atoms with Crippen molar-refractivity contribution in [1.82, 2.24) is 14.7 Å². The number of ether oxygens (including phenoxy) is 1. The zero-order chi connectivity index (χ0) is 24.6. The van der Waals surface area contributed by atoms with Crippen molar-refractivity contribution in [1.29, 1.82) is 0 Å². The van der Waals surface area contributed by atoms with E-state index in [0.29, 0.717) is 5.56 Å². The van der Waals surface area contributed by atoms with E-state index >= 15 is 0 Å². The van der Waals surface area contributed by atoms with Crippen molar-refractivity contribution >= 4 is 29.4 Å². The highest BCUT2D eigenvalue weighted by Gasteiger charge is 2.57. The Labute approximate surface area is 196 Å². The number of nitrogens with zero attached hydrogens (tertiary/aromatic N) is 3. The molecule has 3 rings (SSSR count). The van der Waals surface area contributed by atoms with E-state index in [4.69, 9.17) is 8.92 Å². The molecule has 2 atom stereocenters. The van der Waals surface area contributed by atoms with Gasteiger partial charge in [-0.25, -0.2) is 13.8 Å². The van der Waals surface area contributed by atoms with Crippen LogP contribution in [0.4, 0.5) is 9.59 Å². The average Bonchev–Trinajstić information content (AvgIpc) is 2.89. The molecule has 33 heavy (non-hydrogen) atoms. The first-order valence-electron chi connectivity index (χ1n) is 10.7. The van der Waals surface area contributed by atoms with Gasteiger partial charge in [0.15, 0.2) is 0 Å². The Hall–Kier alpha value is -2.50. The van der Waals surface area contributed by atoms with Crippen LogP contribution in [0.25, 0.3) is 0 Å². The van der Waals surface area contributed by atoms with E-state index in [1.54, 1.807) is 32.9 Å². The molecule has 4 amide bonds. The summed E-state index contributed by atoms with van der Waals surface area (Å²) in [6.45, 7) is 7.55. The van der Waals surface area contributed by atoms with Gasteiger partial charge >= 0.3 is 12.1 Å². The summed E-state index contributed by atoms with van der Waals surface area (Å²) in [7, 11) is 1.40. The molecule has 0 N–H and O–H groups in total. The zero-order valence-corrected chi connectivity index (χ0v) is 20.3. The highest BCUT2D eigenvalue weighted by Crippen LogP contribution is 2.39. The molecular weight excluding hydrogens is 450 g/mol. The Morgan fingerprint density at radius 1 is 1.18 bits per heavy atom. The smallest absolute Gasteiger partial charge is 0.410 e. The predicted octanol–water partition coefficient (Wildman–Crippen LogP) is 2.51. The molecule has 1 aromatic carbocycles. The van der Waals surface area contributed by atoms with E-state index in [1.165, 1.54) is 16.8 Å². The number of urea groups is 1. The van der Waals surface area contributed by atoms with Gasteiger partial charge in [0.05, 0.1) is 17.9 Å². The number of hydrogen-bond donors (Lipinski definition) is 0. The number of rotatable bonds is 5. The highest BCUT2D eigenvalue weighted by molar-refractivity contribution is 7.74. The van der Waals surface area contributed by atoms with Crippen LogP contribution >= 0.6 is 0 Å². The van der Waals surface area contributed by atoms with E-state index in [1.807, 2.05) is 19.1 Å². The zero-order valence-electron chi connectivity index (χ0n) is 19.5. The number of carbonyl (C=O) groups is 3. The molecule has 2 saturated heterocycles. The average molecular weight is 481 g/mol. The van der Waals surface area contributed by atoms with Gasteiger partial charge in [-0.15, -0.1) is 0 Å². The van der Waals surface area contributed by atoms with Crippen LogP contribution in [-0.4, -0.2) is 79.3 Å². The van der Waals surface area contributed by atoms with Crippen LogP contribution in [0.1, 0.15) is 50.8 Å². The molecule has 0 radical (unpaired) electrons. The summed E-state index contributed by atoms with van der Waals surface area (Å²) in [6, 6.07) is 6.57. The minimum atomic E-state index is -2.82. The first-order chi connectivity index (χ1) is 15.3. The fourth-order valence-electron chi connectivity index (χ4n) is 4.23. The molecule has 1 spiro atoms. The lowest BCUT2D eigenvalue weighted by molar-refractivity contribution is -0.135. The van der Waals surface area contributed by atoms with E-state index in [-0.39, 0.29) is 38.4 Å². The molecule has 2 aliphatic rings. The van der Waals surface area contributed by atoms with Crippen LogP contribution in [0.15, 0.2) is 24.3 Å². The van der Waals surface area contributed by atoms with Crippen LogP contribution in [0, 0.1) is 6.92 Å². The fourth-order valence-corrected chi connectivity index (χ4v) is 4.60. The summed E-state index contributed by atoms with van der Waals surface area (Å²) in [5.74, 6) is -0.373. The number of piperidine rings is 1. The van der Waals surface area contributed by atoms with Gasteiger partial charge in [0.2, 0.25) is 0 Å². The number of hydrogen-bond acceptors (Lipinski definition) is 7. The summed E-state index contributed by atoms with van der Waals surface area (Å²) in [6.07, 6.45) is -1.03. The Balaban J connectivity index is 1.84. The molecule has 0 aromatic heterocycles. The number of likely N-dealkylation sites (tertiary alicyclic amines) is 1. The molecule has 10 nitrogen and oxygen atoms in total. The molecule has 11 heteroatoms. The SMILES string of the molecule is Cc1ccc(C(CN2C(=O)N(C)C(=O)C23CCN(C(=O)OC(C)(C)C)CC3)OS(=O)[O-])cc1. The maximum absolute atomic E-state index is 13.2. The van der Waals surface area contributed by atoms with Gasteiger partial charge in [-0.1, -0.05) is 29.8 Å². The summed E-state index contributed by atoms with van der Waals surface area (Å²) in [5, 5.41) is 0. The van der Waals surface area contributed by atoms with Gasteiger partial charge in [0, 0.05) is 20.1 Å². The number of likely N-dealkylation sites (N-methyl/N-ethyl adjacent to an activating group) is 1. The van der Waals surface area contributed by atoms with Crippen LogP contribution < -0.4 is 0 Å². The van der Waals surface area contributed by atoms with Crippen molar-refractivity contribution in [3.63, 3.8) is 0 Å². The number of carbonyl (C=O) groups excluding carboxylic acids is 3. The molecule has 2 fully saturated rings. The lowest BCUT2D eigenvalue weighted by atomic mass is 9.85. The fraction of sp³-hybridized carbons (Fsp3) is 0.591. The highest BCUT2D eigenvalue weighted by atomic mass is 32.2. The topological polar surface area (TPSA) is 120 Å². The maximum Gasteiger partial charge on any atom is 0.410 e. The summed E-state index contributed by atoms with van der Waals surface area (Å²) >= 11 is -2.82. The molecule has 2 unspecified atom stereocenters. The van der Waals surface area contributed by atoms with Crippen LogP contribution in [-0.2, 0) is 25.1 Å². The third-order valence-electron chi connectivity index (χ3n) is 5.97. The minimum absolute atomic E-state index is 0.127. The Morgan fingerprint density at radius 2 is 1.76 bits per heavy atom. The predicted molar refractivity (Wildman–Crippen MR) is 119 cm³/mol. The summed E-state index contributed by atoms with van der Waals surface area (Å²) < 4.78 is 33.3. The Kier molecular flexibility index (Phi) is 7.15. The molecule has 1 aromatic rings. The molecule has 2 heterocycles. The van der Waals surface area contributed by atoms with Gasteiger partial charge in [-0.2, -0.15) is 0 Å². The van der Waals surface area contributed by atoms with E-state index in [0.717, 1.165) is 10.5 Å². The van der Waals surface area contributed by atoms with Crippen molar-refractivity contribution in [2.45, 2.75) is 57.8 Å². The molecule has 182 valence electrons. The van der Waals surface area contributed by atoms with Crippen LogP contribution in [0.3, 0.4) is 0 Å². The van der Waals surface area contributed by atoms with Crippen molar-refractivity contribution in [2.24, 2.45) is 0 Å². The van der Waals surface area contributed by atoms with Gasteiger partial charge in [-0.3, -0.25) is 13.9 Å². The molecule has 2 aliphatic heterocycles. The lowest BCUT2D eigenvalue weighted by Crippen LogP contribution is -2.58. The van der Waals surface area contributed by atoms with E-state index in [9.17, 15) is 23.1 Å². The van der Waals surface area contributed by atoms with Crippen molar-refractivity contribution < 1.29 is 32.1 Å². The molecule has 0 bridgehead atoms. The number of amides is 4. The Bertz CT molecular complexity index is 936. The first kappa shape index (κ1) is 25.1. The largest absolute Gasteiger partial charge is 0.750 e. The molecule has 0 aliphatic carbocycles. The van der Waals surface area contributed by atoms with E-state index in [2.05, 4.69) is 0 Å². The second-order valence-corrected chi connectivity index (χ2v) is 10.1. The standard InChI is InChI=1S/C22H31N3O7S/c1-15-6-8-16(9-7-15)17(32-33(29)30)14-25-19(27)23(5)18(26)22(25)10-12-24(13-11-22)20(28)31-21(2,3)4/h6-9,17H,10-14H2,1-5H3,(H,29,30)/p-1. The third kappa shape index (κ3) is 5.36. The molecular formula is C22H30N3O7S-. The van der Waals surface area contributed by atoms with Crippen molar-refractivity contribution in [3.05, 3.63) is 35.4 Å². The summed E-state index contributed by atoms with van der Waals surface area (Å²) in [4.78, 5) is 42.6. The van der Waals surface area contributed by atoms with Gasteiger partial charge in [0.1, 0.15) is 17.2 Å². The first-order valence-corrected chi connectivity index (χ1v) is 11.7. The van der Waals surface area contributed by atoms with Gasteiger partial charge in [0.25, 0.3) is 5.91 Å². The van der Waals surface area contributed by atoms with Gasteiger partial charge < -0.3 is 19.1 Å². The molecule has 0 saturated carbocycles. The summed E-state index contributed by atoms with van der Waals surface area (Å²) in [5.41, 5.74) is -0.273. The number of imide groups is 1. The second kappa shape index (κ2) is 9.40. The number of benzene rings is 1. The van der Waals surface area contributed by atoms with Crippen molar-refractivity contribution in [3.8, 4) is 0 Å². The third-order valence-corrected chi connectivity index (χ3v) is 6.36. The quantitative estimate of drug-likeness (QED) is 0.469. The van der Waals surface area contributed by atoms with E-state index < -0.39 is 40.7 Å². The van der Waals surface area contributed by atoms with Crippen LogP contribution in [0.2, 0.25) is 0 Å². The Morgan fingerprint density at radius 3 is 2.27 bits per heavy atom. The lowest BCUT2D eigenvalue weighted by Gasteiger charge is -2.43. The number of aryl methyl sites for hydroxylation is 1. The maximum atomic E-state index is 13.2. The van der Waals surface area contributed by atoms with Crippen LogP contribution in [0.5, 0.6) is 0 Å². The normalized spacial score (nSPS) is 20.4. The second-order valence-electron chi connectivity index (χ2n) is 9.46. The van der Waals surface area contributed by atoms with Crippen molar-refractivity contribution in [2.75, 3.05) is 26.7 Å². The minimum Gasteiger partial charge on any atom is -0.750 e. The monoisotopic (exact) mass is 480 g/mol.